The van der Waals surface area contributed by atoms with Gasteiger partial charge in [-0.1, -0.05) is 32.6 Å². The van der Waals surface area contributed by atoms with Crippen molar-refractivity contribution in [1.82, 2.24) is 4.90 Å². The summed E-state index contributed by atoms with van der Waals surface area (Å²) in [5.74, 6) is -1.25. The maximum atomic E-state index is 12.9. The van der Waals surface area contributed by atoms with Gasteiger partial charge in [0.2, 0.25) is 11.8 Å². The Hall–Kier alpha value is -1.39. The predicted molar refractivity (Wildman–Crippen MR) is 75.4 cm³/mol. The SMILES string of the molecule is CC1CCCC(C(=O)O)(N2C(=O)CC3(CCCC3)C2=O)C1. The van der Waals surface area contributed by atoms with Gasteiger partial charge in [0.25, 0.3) is 0 Å². The summed E-state index contributed by atoms with van der Waals surface area (Å²) in [6, 6.07) is 0. The van der Waals surface area contributed by atoms with Crippen LogP contribution in [0, 0.1) is 11.3 Å². The van der Waals surface area contributed by atoms with Crippen LogP contribution >= 0.6 is 0 Å². The minimum absolute atomic E-state index is 0.207. The molecular formula is C16H23NO4. The maximum Gasteiger partial charge on any atom is 0.330 e. The molecule has 1 heterocycles. The topological polar surface area (TPSA) is 74.7 Å². The van der Waals surface area contributed by atoms with Gasteiger partial charge in [-0.2, -0.15) is 0 Å². The van der Waals surface area contributed by atoms with Gasteiger partial charge >= 0.3 is 5.97 Å². The molecular weight excluding hydrogens is 270 g/mol. The minimum atomic E-state index is -1.29. The lowest BCUT2D eigenvalue weighted by atomic mass is 9.75. The van der Waals surface area contributed by atoms with E-state index in [1.807, 2.05) is 6.92 Å². The Morgan fingerprint density at radius 1 is 1.19 bits per heavy atom. The van der Waals surface area contributed by atoms with Crippen molar-refractivity contribution >= 4 is 17.8 Å². The highest BCUT2D eigenvalue weighted by Crippen LogP contribution is 2.51. The van der Waals surface area contributed by atoms with Crippen LogP contribution in [-0.4, -0.2) is 33.3 Å². The second kappa shape index (κ2) is 4.82. The molecule has 1 N–H and O–H groups in total. The number of aliphatic carboxylic acids is 1. The molecule has 2 saturated carbocycles. The van der Waals surface area contributed by atoms with Crippen molar-refractivity contribution in [3.05, 3.63) is 0 Å². The van der Waals surface area contributed by atoms with Crippen LogP contribution in [0.5, 0.6) is 0 Å². The van der Waals surface area contributed by atoms with Crippen LogP contribution in [0.1, 0.15) is 64.7 Å². The number of imide groups is 1. The molecule has 2 unspecified atom stereocenters. The van der Waals surface area contributed by atoms with Gasteiger partial charge in [-0.05, 0) is 31.6 Å². The van der Waals surface area contributed by atoms with Crippen LogP contribution < -0.4 is 0 Å². The highest BCUT2D eigenvalue weighted by Gasteiger charge is 2.61. The summed E-state index contributed by atoms with van der Waals surface area (Å²) in [5, 5.41) is 9.79. The van der Waals surface area contributed by atoms with Crippen molar-refractivity contribution in [2.45, 2.75) is 70.3 Å². The zero-order chi connectivity index (χ0) is 15.3. The molecule has 3 rings (SSSR count). The van der Waals surface area contributed by atoms with E-state index in [4.69, 9.17) is 0 Å². The molecule has 0 aromatic heterocycles. The Kier molecular flexibility index (Phi) is 3.34. The maximum absolute atomic E-state index is 12.9. The molecule has 1 spiro atoms. The molecule has 0 bridgehead atoms. The van der Waals surface area contributed by atoms with Gasteiger partial charge in [-0.3, -0.25) is 14.5 Å². The normalized spacial score (nSPS) is 35.7. The van der Waals surface area contributed by atoms with Crippen LogP contribution in [0.2, 0.25) is 0 Å². The van der Waals surface area contributed by atoms with Crippen LogP contribution in [0.25, 0.3) is 0 Å². The van der Waals surface area contributed by atoms with Crippen molar-refractivity contribution in [2.75, 3.05) is 0 Å². The van der Waals surface area contributed by atoms with Gasteiger partial charge in [0.1, 0.15) is 5.54 Å². The zero-order valence-electron chi connectivity index (χ0n) is 12.6. The molecule has 5 heteroatoms. The first kappa shape index (κ1) is 14.5. The van der Waals surface area contributed by atoms with Gasteiger partial charge in [0, 0.05) is 6.42 Å². The largest absolute Gasteiger partial charge is 0.479 e. The van der Waals surface area contributed by atoms with E-state index >= 15 is 0 Å². The summed E-state index contributed by atoms with van der Waals surface area (Å²) in [6.45, 7) is 2.01. The lowest BCUT2D eigenvalue weighted by molar-refractivity contribution is -0.167. The van der Waals surface area contributed by atoms with Crippen LogP contribution in [0.3, 0.4) is 0 Å². The van der Waals surface area contributed by atoms with E-state index in [-0.39, 0.29) is 24.2 Å². The molecule has 2 amide bonds. The number of nitrogens with zero attached hydrogens (tertiary/aromatic N) is 1. The average molecular weight is 293 g/mol. The molecule has 116 valence electrons. The first-order valence-electron chi connectivity index (χ1n) is 8.02. The van der Waals surface area contributed by atoms with Crippen molar-refractivity contribution < 1.29 is 19.5 Å². The highest BCUT2D eigenvalue weighted by molar-refractivity contribution is 6.09. The Bertz CT molecular complexity index is 495. The number of carbonyl (C=O) groups is 3. The number of hydrogen-bond donors (Lipinski definition) is 1. The molecule has 1 aliphatic heterocycles. The van der Waals surface area contributed by atoms with Crippen molar-refractivity contribution in [3.63, 3.8) is 0 Å². The van der Waals surface area contributed by atoms with Gasteiger partial charge in [-0.15, -0.1) is 0 Å². The quantitative estimate of drug-likeness (QED) is 0.793. The molecule has 0 radical (unpaired) electrons. The lowest BCUT2D eigenvalue weighted by Crippen LogP contribution is -2.59. The third-order valence-corrected chi connectivity index (χ3v) is 5.76. The smallest absolute Gasteiger partial charge is 0.330 e. The van der Waals surface area contributed by atoms with E-state index in [2.05, 4.69) is 0 Å². The fourth-order valence-electron chi connectivity index (χ4n) is 4.69. The summed E-state index contributed by atoms with van der Waals surface area (Å²) in [4.78, 5) is 38.5. The van der Waals surface area contributed by atoms with E-state index < -0.39 is 16.9 Å². The highest BCUT2D eigenvalue weighted by atomic mass is 16.4. The van der Waals surface area contributed by atoms with E-state index in [1.54, 1.807) is 0 Å². The van der Waals surface area contributed by atoms with Crippen LogP contribution in [0.4, 0.5) is 0 Å². The summed E-state index contributed by atoms with van der Waals surface area (Å²) >= 11 is 0. The zero-order valence-corrected chi connectivity index (χ0v) is 12.6. The summed E-state index contributed by atoms with van der Waals surface area (Å²) < 4.78 is 0. The summed E-state index contributed by atoms with van der Waals surface area (Å²) in [7, 11) is 0. The van der Waals surface area contributed by atoms with Crippen molar-refractivity contribution in [3.8, 4) is 0 Å². The number of likely N-dealkylation sites (tertiary alicyclic amines) is 1. The molecule has 1 saturated heterocycles. The monoisotopic (exact) mass is 293 g/mol. The van der Waals surface area contributed by atoms with E-state index in [0.717, 1.165) is 43.4 Å². The molecule has 0 aromatic rings. The van der Waals surface area contributed by atoms with Crippen molar-refractivity contribution in [2.24, 2.45) is 11.3 Å². The molecule has 0 aromatic carbocycles. The lowest BCUT2D eigenvalue weighted by Gasteiger charge is -2.42. The third kappa shape index (κ3) is 2.00. The molecule has 21 heavy (non-hydrogen) atoms. The summed E-state index contributed by atoms with van der Waals surface area (Å²) in [5.41, 5.74) is -1.88. The molecule has 3 fully saturated rings. The van der Waals surface area contributed by atoms with E-state index in [0.29, 0.717) is 12.8 Å². The van der Waals surface area contributed by atoms with E-state index in [9.17, 15) is 19.5 Å². The minimum Gasteiger partial charge on any atom is -0.479 e. The number of carbonyl (C=O) groups excluding carboxylic acids is 2. The first-order valence-corrected chi connectivity index (χ1v) is 8.02. The standard InChI is InChI=1S/C16H23NO4/c1-11-5-4-8-16(9-11,14(20)21)17-12(18)10-15(13(17)19)6-2-3-7-15/h11H,2-10H2,1H3,(H,20,21). The number of carboxylic acid groups (broad SMARTS) is 1. The first-order chi connectivity index (χ1) is 9.91. The average Bonchev–Trinajstić information content (AvgIpc) is 2.97. The second-order valence-corrected chi connectivity index (χ2v) is 7.24. The van der Waals surface area contributed by atoms with Gasteiger partial charge in [-0.25, -0.2) is 4.79 Å². The molecule has 3 aliphatic rings. The number of carboxylic acids is 1. The fourth-order valence-corrected chi connectivity index (χ4v) is 4.69. The van der Waals surface area contributed by atoms with Gasteiger partial charge in [0.15, 0.2) is 0 Å². The molecule has 2 aliphatic carbocycles. The fraction of sp³-hybridized carbons (Fsp3) is 0.812. The summed E-state index contributed by atoms with van der Waals surface area (Å²) in [6.07, 6.45) is 6.14. The van der Waals surface area contributed by atoms with Gasteiger partial charge in [0.05, 0.1) is 5.41 Å². The second-order valence-electron chi connectivity index (χ2n) is 7.24. The van der Waals surface area contributed by atoms with Gasteiger partial charge < -0.3 is 5.11 Å². The van der Waals surface area contributed by atoms with Crippen LogP contribution in [-0.2, 0) is 14.4 Å². The molecule has 2 atom stereocenters. The number of amides is 2. The Labute approximate surface area is 124 Å². The number of rotatable bonds is 2. The van der Waals surface area contributed by atoms with Crippen LogP contribution in [0.15, 0.2) is 0 Å². The number of hydrogen-bond acceptors (Lipinski definition) is 3. The molecule has 5 nitrogen and oxygen atoms in total. The Morgan fingerprint density at radius 2 is 1.86 bits per heavy atom. The van der Waals surface area contributed by atoms with E-state index in [1.165, 1.54) is 0 Å². The Morgan fingerprint density at radius 3 is 2.43 bits per heavy atom. The predicted octanol–water partition coefficient (Wildman–Crippen LogP) is 2.34. The Balaban J connectivity index is 1.98. The van der Waals surface area contributed by atoms with Crippen molar-refractivity contribution in [1.29, 1.82) is 0 Å². The third-order valence-electron chi connectivity index (χ3n) is 5.76.